The molecular weight excluding hydrogens is 332 g/mol. The molecule has 4 unspecified atom stereocenters. The van der Waals surface area contributed by atoms with Crippen LogP contribution in [0.4, 0.5) is 5.13 Å². The molecule has 23 heavy (non-hydrogen) atoms. The number of thiophene rings is 1. The van der Waals surface area contributed by atoms with Gasteiger partial charge in [-0.1, -0.05) is 6.07 Å². The largest absolute Gasteiger partial charge is 0.550 e. The van der Waals surface area contributed by atoms with E-state index in [1.54, 1.807) is 11.3 Å². The zero-order valence-electron chi connectivity index (χ0n) is 12.2. The van der Waals surface area contributed by atoms with E-state index in [1.165, 1.54) is 11.3 Å². The van der Waals surface area contributed by atoms with Crippen molar-refractivity contribution < 1.29 is 14.7 Å². The zero-order chi connectivity index (χ0) is 16.0. The number of aliphatic carboxylic acids is 1. The van der Waals surface area contributed by atoms with Crippen molar-refractivity contribution in [1.29, 1.82) is 0 Å². The summed E-state index contributed by atoms with van der Waals surface area (Å²) in [6, 6.07) is 3.94. The van der Waals surface area contributed by atoms with Gasteiger partial charge in [0.25, 0.3) is 0 Å². The fourth-order valence-electron chi connectivity index (χ4n) is 4.07. The number of nitrogens with one attached hydrogen (secondary N) is 1. The number of anilines is 1. The van der Waals surface area contributed by atoms with Crippen molar-refractivity contribution in [3.05, 3.63) is 22.9 Å². The van der Waals surface area contributed by atoms with E-state index in [2.05, 4.69) is 10.3 Å². The SMILES string of the molecule is O=C([O-])C1C2CCC(C2)C1C(=O)Nc1nc(-c2cccs2)cs1. The maximum absolute atomic E-state index is 12.6. The molecule has 0 radical (unpaired) electrons. The van der Waals surface area contributed by atoms with Crippen LogP contribution in [-0.4, -0.2) is 16.9 Å². The molecule has 0 saturated heterocycles. The number of carbonyl (C=O) groups is 2. The minimum Gasteiger partial charge on any atom is -0.550 e. The maximum atomic E-state index is 12.6. The van der Waals surface area contributed by atoms with Crippen LogP contribution in [0.1, 0.15) is 19.3 Å². The first-order chi connectivity index (χ1) is 11.1. The molecule has 120 valence electrons. The van der Waals surface area contributed by atoms with E-state index in [0.29, 0.717) is 5.13 Å². The molecule has 2 heterocycles. The van der Waals surface area contributed by atoms with Gasteiger partial charge in [0.2, 0.25) is 5.91 Å². The fourth-order valence-corrected chi connectivity index (χ4v) is 5.54. The minimum atomic E-state index is -1.09. The van der Waals surface area contributed by atoms with Gasteiger partial charge in [0.15, 0.2) is 5.13 Å². The summed E-state index contributed by atoms with van der Waals surface area (Å²) in [6.07, 6.45) is 2.66. The predicted octanol–water partition coefficient (Wildman–Crippen LogP) is 2.22. The number of nitrogens with zero attached hydrogens (tertiary/aromatic N) is 1. The normalized spacial score (nSPS) is 28.9. The lowest BCUT2D eigenvalue weighted by atomic mass is 9.79. The standard InChI is InChI=1S/C16H16N2O3S2/c19-14(12-8-3-4-9(6-8)13(12)15(20)21)18-16-17-10(7-23-16)11-2-1-5-22-11/h1-2,5,7-9,12-13H,3-4,6H2,(H,20,21)(H,17,18,19)/p-1. The number of thiazole rings is 1. The topological polar surface area (TPSA) is 82.1 Å². The van der Waals surface area contributed by atoms with Crippen LogP contribution in [0.25, 0.3) is 10.6 Å². The average Bonchev–Trinajstić information content (AvgIpc) is 3.28. The van der Waals surface area contributed by atoms with Crippen LogP contribution in [0.3, 0.4) is 0 Å². The van der Waals surface area contributed by atoms with Gasteiger partial charge in [-0.25, -0.2) is 4.98 Å². The Balaban J connectivity index is 1.51. The van der Waals surface area contributed by atoms with Gasteiger partial charge in [0.1, 0.15) is 0 Å². The Morgan fingerprint density at radius 3 is 2.70 bits per heavy atom. The Hall–Kier alpha value is -1.73. The molecule has 2 saturated carbocycles. The van der Waals surface area contributed by atoms with Crippen LogP contribution in [0, 0.1) is 23.7 Å². The first kappa shape index (κ1) is 14.8. The molecule has 4 atom stereocenters. The second kappa shape index (κ2) is 5.72. The molecule has 1 N–H and O–H groups in total. The van der Waals surface area contributed by atoms with Crippen molar-refractivity contribution in [2.75, 3.05) is 5.32 Å². The van der Waals surface area contributed by atoms with E-state index in [9.17, 15) is 14.7 Å². The van der Waals surface area contributed by atoms with E-state index in [0.717, 1.165) is 29.8 Å². The summed E-state index contributed by atoms with van der Waals surface area (Å²) in [4.78, 5) is 29.5. The number of hydrogen-bond acceptors (Lipinski definition) is 6. The summed E-state index contributed by atoms with van der Waals surface area (Å²) < 4.78 is 0. The van der Waals surface area contributed by atoms with Crippen LogP contribution in [0.15, 0.2) is 22.9 Å². The average molecular weight is 347 g/mol. The summed E-state index contributed by atoms with van der Waals surface area (Å²) in [7, 11) is 0. The van der Waals surface area contributed by atoms with Gasteiger partial charge in [-0.2, -0.15) is 0 Å². The lowest BCUT2D eigenvalue weighted by molar-refractivity contribution is -0.314. The molecule has 0 aliphatic heterocycles. The molecule has 0 spiro atoms. The van der Waals surface area contributed by atoms with Crippen molar-refractivity contribution in [2.45, 2.75) is 19.3 Å². The van der Waals surface area contributed by atoms with E-state index in [4.69, 9.17) is 0 Å². The molecule has 2 aromatic rings. The number of fused-ring (bicyclic) bond motifs is 2. The molecule has 5 nitrogen and oxygen atoms in total. The fraction of sp³-hybridized carbons (Fsp3) is 0.438. The number of hydrogen-bond donors (Lipinski definition) is 1. The first-order valence-corrected chi connectivity index (χ1v) is 9.40. The van der Waals surface area contributed by atoms with Gasteiger partial charge in [-0.15, -0.1) is 22.7 Å². The predicted molar refractivity (Wildman–Crippen MR) is 86.9 cm³/mol. The number of carboxylic acid groups (broad SMARTS) is 1. The van der Waals surface area contributed by atoms with Gasteiger partial charge >= 0.3 is 0 Å². The first-order valence-electron chi connectivity index (χ1n) is 7.64. The third-order valence-corrected chi connectivity index (χ3v) is 6.65. The van der Waals surface area contributed by atoms with Gasteiger partial charge in [0, 0.05) is 23.2 Å². The van der Waals surface area contributed by atoms with Crippen LogP contribution >= 0.6 is 22.7 Å². The molecule has 2 aliphatic rings. The Bertz CT molecular complexity index is 740. The molecule has 0 aromatic carbocycles. The lowest BCUT2D eigenvalue weighted by Crippen LogP contribution is -2.43. The molecule has 2 fully saturated rings. The van der Waals surface area contributed by atoms with Crippen molar-refractivity contribution >= 4 is 39.7 Å². The van der Waals surface area contributed by atoms with Crippen LogP contribution < -0.4 is 10.4 Å². The summed E-state index contributed by atoms with van der Waals surface area (Å²) in [5, 5.41) is 18.6. The quantitative estimate of drug-likeness (QED) is 0.919. The molecule has 2 aliphatic carbocycles. The van der Waals surface area contributed by atoms with Crippen molar-refractivity contribution in [1.82, 2.24) is 4.98 Å². The molecule has 7 heteroatoms. The Labute approximate surface area is 141 Å². The summed E-state index contributed by atoms with van der Waals surface area (Å²) in [5.41, 5.74) is 0.838. The summed E-state index contributed by atoms with van der Waals surface area (Å²) in [6.45, 7) is 0. The van der Waals surface area contributed by atoms with Crippen LogP contribution in [0.2, 0.25) is 0 Å². The van der Waals surface area contributed by atoms with E-state index >= 15 is 0 Å². The second-order valence-electron chi connectivity index (χ2n) is 6.21. The number of rotatable bonds is 4. The summed E-state index contributed by atoms with van der Waals surface area (Å²) in [5.74, 6) is -2.18. The minimum absolute atomic E-state index is 0.0960. The highest BCUT2D eigenvalue weighted by molar-refractivity contribution is 7.16. The Kier molecular flexibility index (Phi) is 3.69. The highest BCUT2D eigenvalue weighted by Gasteiger charge is 2.51. The Morgan fingerprint density at radius 1 is 1.22 bits per heavy atom. The third-order valence-electron chi connectivity index (χ3n) is 5.00. The van der Waals surface area contributed by atoms with Crippen molar-refractivity contribution in [3.8, 4) is 10.6 Å². The monoisotopic (exact) mass is 347 g/mol. The molecular formula is C16H15N2O3S2-. The van der Waals surface area contributed by atoms with Gasteiger partial charge < -0.3 is 15.2 Å². The third kappa shape index (κ3) is 2.57. The second-order valence-corrected chi connectivity index (χ2v) is 8.01. The van der Waals surface area contributed by atoms with E-state index < -0.39 is 17.8 Å². The van der Waals surface area contributed by atoms with Gasteiger partial charge in [-0.3, -0.25) is 4.79 Å². The van der Waals surface area contributed by atoms with Crippen molar-refractivity contribution in [2.24, 2.45) is 23.7 Å². The molecule has 2 bridgehead atoms. The number of carbonyl (C=O) groups excluding carboxylic acids is 2. The summed E-state index contributed by atoms with van der Waals surface area (Å²) >= 11 is 2.96. The highest BCUT2D eigenvalue weighted by Crippen LogP contribution is 2.52. The smallest absolute Gasteiger partial charge is 0.230 e. The van der Waals surface area contributed by atoms with Crippen LogP contribution in [0.5, 0.6) is 0 Å². The van der Waals surface area contributed by atoms with Gasteiger partial charge in [-0.05, 0) is 42.5 Å². The van der Waals surface area contributed by atoms with Gasteiger partial charge in [0.05, 0.1) is 10.6 Å². The van der Waals surface area contributed by atoms with E-state index in [-0.39, 0.29) is 17.7 Å². The van der Waals surface area contributed by atoms with E-state index in [1.807, 2.05) is 22.9 Å². The van der Waals surface area contributed by atoms with Crippen molar-refractivity contribution in [3.63, 3.8) is 0 Å². The number of aromatic nitrogens is 1. The number of amides is 1. The maximum Gasteiger partial charge on any atom is 0.230 e. The van der Waals surface area contributed by atoms with Crippen LogP contribution in [-0.2, 0) is 9.59 Å². The zero-order valence-corrected chi connectivity index (χ0v) is 13.9. The number of carboxylic acids is 1. The lowest BCUT2D eigenvalue weighted by Gasteiger charge is -2.30. The highest BCUT2D eigenvalue weighted by atomic mass is 32.1. The Morgan fingerprint density at radius 2 is 2.00 bits per heavy atom. The molecule has 4 rings (SSSR count). The molecule has 2 aromatic heterocycles. The molecule has 1 amide bonds.